The van der Waals surface area contributed by atoms with Crippen molar-refractivity contribution in [3.8, 4) is 0 Å². The summed E-state index contributed by atoms with van der Waals surface area (Å²) in [6.45, 7) is 1.12. The molecule has 11 heteroatoms. The summed E-state index contributed by atoms with van der Waals surface area (Å²) in [6.07, 6.45) is -4.59. The molecule has 23 heavy (non-hydrogen) atoms. The molecule has 1 aromatic carbocycles. The van der Waals surface area contributed by atoms with E-state index < -0.39 is 28.6 Å². The number of nitro benzene ring substituents is 1. The van der Waals surface area contributed by atoms with Crippen LogP contribution in [0, 0.1) is 15.9 Å². The standard InChI is InChI=1S/C12H13F4N3O2.2ClH/c13-9-2-1-8(7-10(9)19(20)21)11(12(14,15)16)18-5-3-17-4-6-18;;/h1-2,7,11,17H,3-6H2;2*1H/t11-;;/m0../s1. The molecule has 1 aliphatic rings. The van der Waals surface area contributed by atoms with Crippen LogP contribution in [0.15, 0.2) is 18.2 Å². The highest BCUT2D eigenvalue weighted by atomic mass is 35.5. The topological polar surface area (TPSA) is 58.4 Å². The van der Waals surface area contributed by atoms with Gasteiger partial charge >= 0.3 is 11.9 Å². The lowest BCUT2D eigenvalue weighted by Crippen LogP contribution is -2.49. The van der Waals surface area contributed by atoms with Gasteiger partial charge in [0.15, 0.2) is 0 Å². The molecule has 1 heterocycles. The third-order valence-corrected chi connectivity index (χ3v) is 3.31. The SMILES string of the molecule is Cl.Cl.O=[N+]([O-])c1cc([C@H](N2CCNCC2)C(F)(F)F)ccc1F. The first-order valence-electron chi connectivity index (χ1n) is 6.26. The van der Waals surface area contributed by atoms with E-state index in [2.05, 4.69) is 5.32 Å². The van der Waals surface area contributed by atoms with Crippen molar-refractivity contribution < 1.29 is 22.5 Å². The fourth-order valence-corrected chi connectivity index (χ4v) is 2.39. The van der Waals surface area contributed by atoms with E-state index in [-0.39, 0.29) is 43.5 Å². The van der Waals surface area contributed by atoms with Crippen LogP contribution in [-0.4, -0.2) is 42.2 Å². The average Bonchev–Trinajstić information content (AvgIpc) is 2.40. The molecule has 0 bridgehead atoms. The summed E-state index contributed by atoms with van der Waals surface area (Å²) >= 11 is 0. The normalized spacial score (nSPS) is 16.9. The van der Waals surface area contributed by atoms with E-state index in [0.717, 1.165) is 6.07 Å². The van der Waals surface area contributed by atoms with Crippen LogP contribution in [0.2, 0.25) is 0 Å². The molecule has 1 aliphatic heterocycles. The van der Waals surface area contributed by atoms with Crippen molar-refractivity contribution in [3.63, 3.8) is 0 Å². The number of piperazine rings is 1. The molecule has 132 valence electrons. The molecule has 0 amide bonds. The van der Waals surface area contributed by atoms with E-state index in [1.54, 1.807) is 0 Å². The highest BCUT2D eigenvalue weighted by Crippen LogP contribution is 2.39. The van der Waals surface area contributed by atoms with Crippen molar-refractivity contribution in [3.05, 3.63) is 39.7 Å². The summed E-state index contributed by atoms with van der Waals surface area (Å²) in [5.41, 5.74) is -1.27. The van der Waals surface area contributed by atoms with Crippen molar-refractivity contribution >= 4 is 30.5 Å². The van der Waals surface area contributed by atoms with Gasteiger partial charge in [-0.1, -0.05) is 6.07 Å². The molecular weight excluding hydrogens is 365 g/mol. The van der Waals surface area contributed by atoms with E-state index >= 15 is 0 Å². The number of hydrogen-bond donors (Lipinski definition) is 1. The summed E-state index contributed by atoms with van der Waals surface area (Å²) in [5.74, 6) is -1.15. The van der Waals surface area contributed by atoms with Gasteiger partial charge in [-0.2, -0.15) is 17.6 Å². The van der Waals surface area contributed by atoms with E-state index in [1.807, 2.05) is 0 Å². The number of rotatable bonds is 3. The van der Waals surface area contributed by atoms with Gasteiger partial charge in [0.05, 0.1) is 4.92 Å². The first kappa shape index (κ1) is 21.8. The van der Waals surface area contributed by atoms with Crippen molar-refractivity contribution in [2.24, 2.45) is 0 Å². The van der Waals surface area contributed by atoms with Crippen LogP contribution in [0.5, 0.6) is 0 Å². The third kappa shape index (κ3) is 5.17. The Labute approximate surface area is 142 Å². The molecule has 2 rings (SSSR count). The highest BCUT2D eigenvalue weighted by molar-refractivity contribution is 5.85. The first-order chi connectivity index (χ1) is 9.80. The number of nitrogens with one attached hydrogen (secondary N) is 1. The molecule has 1 atom stereocenters. The summed E-state index contributed by atoms with van der Waals surface area (Å²) in [6, 6.07) is 0.339. The lowest BCUT2D eigenvalue weighted by Gasteiger charge is -2.36. The van der Waals surface area contributed by atoms with Crippen LogP contribution in [-0.2, 0) is 0 Å². The van der Waals surface area contributed by atoms with Gasteiger partial charge in [0, 0.05) is 32.2 Å². The Morgan fingerprint density at radius 3 is 2.26 bits per heavy atom. The third-order valence-electron chi connectivity index (χ3n) is 3.31. The van der Waals surface area contributed by atoms with Crippen LogP contribution in [0.4, 0.5) is 23.2 Å². The minimum atomic E-state index is -4.59. The molecule has 0 radical (unpaired) electrons. The molecule has 0 spiro atoms. The molecule has 0 aromatic heterocycles. The van der Waals surface area contributed by atoms with Gasteiger partial charge in [-0.25, -0.2) is 0 Å². The zero-order chi connectivity index (χ0) is 15.6. The van der Waals surface area contributed by atoms with Crippen LogP contribution < -0.4 is 5.32 Å². The zero-order valence-corrected chi connectivity index (χ0v) is 13.3. The van der Waals surface area contributed by atoms with Gasteiger partial charge in [-0.3, -0.25) is 15.0 Å². The number of nitrogens with zero attached hydrogens (tertiary/aromatic N) is 2. The number of halogens is 6. The predicted molar refractivity (Wildman–Crippen MR) is 80.8 cm³/mol. The quantitative estimate of drug-likeness (QED) is 0.498. The second-order valence-corrected chi connectivity index (χ2v) is 4.70. The molecule has 0 aliphatic carbocycles. The zero-order valence-electron chi connectivity index (χ0n) is 11.7. The minimum Gasteiger partial charge on any atom is -0.314 e. The van der Waals surface area contributed by atoms with Crippen molar-refractivity contribution in [1.82, 2.24) is 10.2 Å². The summed E-state index contributed by atoms with van der Waals surface area (Å²) in [7, 11) is 0. The van der Waals surface area contributed by atoms with Gasteiger partial charge in [0.25, 0.3) is 0 Å². The lowest BCUT2D eigenvalue weighted by molar-refractivity contribution is -0.387. The largest absolute Gasteiger partial charge is 0.408 e. The van der Waals surface area contributed by atoms with Gasteiger partial charge in [-0.05, 0) is 11.6 Å². The molecule has 1 aromatic rings. The highest BCUT2D eigenvalue weighted by Gasteiger charge is 2.45. The number of hydrogen-bond acceptors (Lipinski definition) is 4. The molecule has 0 unspecified atom stereocenters. The van der Waals surface area contributed by atoms with Crippen molar-refractivity contribution in [2.75, 3.05) is 26.2 Å². The summed E-state index contributed by atoms with van der Waals surface area (Å²) in [5, 5.41) is 13.6. The maximum Gasteiger partial charge on any atom is 0.408 e. The Hall–Kier alpha value is -1.16. The smallest absolute Gasteiger partial charge is 0.314 e. The van der Waals surface area contributed by atoms with E-state index in [9.17, 15) is 27.7 Å². The van der Waals surface area contributed by atoms with Gasteiger partial charge in [0.2, 0.25) is 5.82 Å². The molecule has 1 fully saturated rings. The second-order valence-electron chi connectivity index (χ2n) is 4.70. The van der Waals surface area contributed by atoms with Crippen molar-refractivity contribution in [2.45, 2.75) is 12.2 Å². The van der Waals surface area contributed by atoms with Crippen LogP contribution >= 0.6 is 24.8 Å². The van der Waals surface area contributed by atoms with E-state index in [1.165, 1.54) is 4.90 Å². The Bertz CT molecular complexity index is 540. The predicted octanol–water partition coefficient (Wildman–Crippen LogP) is 3.09. The number of alkyl halides is 3. The molecule has 1 saturated heterocycles. The Kier molecular flexibility index (Phi) is 8.19. The molecular formula is C12H15Cl2F4N3O2. The Balaban J connectivity index is 0.00000242. The van der Waals surface area contributed by atoms with Gasteiger partial charge in [0.1, 0.15) is 6.04 Å². The maximum atomic E-state index is 13.3. The molecule has 0 saturated carbocycles. The van der Waals surface area contributed by atoms with Crippen LogP contribution in [0.1, 0.15) is 11.6 Å². The molecule has 1 N–H and O–H groups in total. The fraction of sp³-hybridized carbons (Fsp3) is 0.500. The van der Waals surface area contributed by atoms with Gasteiger partial charge in [-0.15, -0.1) is 24.8 Å². The van der Waals surface area contributed by atoms with Crippen molar-refractivity contribution in [1.29, 1.82) is 0 Å². The number of benzene rings is 1. The lowest BCUT2D eigenvalue weighted by atomic mass is 10.0. The monoisotopic (exact) mass is 379 g/mol. The number of nitro groups is 1. The summed E-state index contributed by atoms with van der Waals surface area (Å²) in [4.78, 5) is 10.8. The Morgan fingerprint density at radius 2 is 1.78 bits per heavy atom. The van der Waals surface area contributed by atoms with E-state index in [4.69, 9.17) is 0 Å². The second kappa shape index (κ2) is 8.62. The van der Waals surface area contributed by atoms with Crippen LogP contribution in [0.3, 0.4) is 0 Å². The van der Waals surface area contributed by atoms with Crippen LogP contribution in [0.25, 0.3) is 0 Å². The van der Waals surface area contributed by atoms with Gasteiger partial charge < -0.3 is 5.32 Å². The average molecular weight is 380 g/mol. The Morgan fingerprint density at radius 1 is 1.22 bits per heavy atom. The first-order valence-corrected chi connectivity index (χ1v) is 6.26. The molecule has 5 nitrogen and oxygen atoms in total. The minimum absolute atomic E-state index is 0. The maximum absolute atomic E-state index is 13.3. The van der Waals surface area contributed by atoms with E-state index in [0.29, 0.717) is 25.2 Å². The fourth-order valence-electron chi connectivity index (χ4n) is 2.39. The summed E-state index contributed by atoms with van der Waals surface area (Å²) < 4.78 is 53.2.